The van der Waals surface area contributed by atoms with E-state index < -0.39 is 0 Å². The van der Waals surface area contributed by atoms with Gasteiger partial charge in [0.15, 0.2) is 0 Å². The van der Waals surface area contributed by atoms with Gasteiger partial charge in [-0.1, -0.05) is 48.8 Å². The SMILES string of the molecule is Cc1ccc(-c2noc(CN3CCCC(C(=O)NCCC(C)C)C3)n2)cc1. The minimum Gasteiger partial charge on any atom is -0.356 e. The number of piperidine rings is 1. The highest BCUT2D eigenvalue weighted by molar-refractivity contribution is 5.78. The number of hydrogen-bond donors (Lipinski definition) is 1. The molecule has 0 saturated carbocycles. The maximum absolute atomic E-state index is 12.4. The van der Waals surface area contributed by atoms with Crippen LogP contribution in [0.3, 0.4) is 0 Å². The molecule has 1 aromatic heterocycles. The highest BCUT2D eigenvalue weighted by atomic mass is 16.5. The lowest BCUT2D eigenvalue weighted by Crippen LogP contribution is -2.43. The van der Waals surface area contributed by atoms with Crippen molar-refractivity contribution in [2.24, 2.45) is 11.8 Å². The molecule has 0 spiro atoms. The molecule has 1 aliphatic rings. The summed E-state index contributed by atoms with van der Waals surface area (Å²) < 4.78 is 5.44. The third-order valence-electron chi connectivity index (χ3n) is 5.03. The highest BCUT2D eigenvalue weighted by Crippen LogP contribution is 2.20. The molecule has 1 saturated heterocycles. The van der Waals surface area contributed by atoms with Crippen molar-refractivity contribution >= 4 is 5.91 Å². The van der Waals surface area contributed by atoms with Crippen molar-refractivity contribution in [1.29, 1.82) is 0 Å². The van der Waals surface area contributed by atoms with E-state index >= 15 is 0 Å². The molecule has 1 fully saturated rings. The summed E-state index contributed by atoms with van der Waals surface area (Å²) in [6, 6.07) is 8.09. The molecule has 1 aromatic carbocycles. The van der Waals surface area contributed by atoms with Crippen LogP contribution in [0, 0.1) is 18.8 Å². The quantitative estimate of drug-likeness (QED) is 0.809. The van der Waals surface area contributed by atoms with E-state index in [1.807, 2.05) is 24.3 Å². The Morgan fingerprint density at radius 2 is 2.11 bits per heavy atom. The number of nitrogens with one attached hydrogen (secondary N) is 1. The van der Waals surface area contributed by atoms with Crippen LogP contribution in [0.2, 0.25) is 0 Å². The van der Waals surface area contributed by atoms with E-state index in [0.29, 0.717) is 24.2 Å². The largest absolute Gasteiger partial charge is 0.356 e. The van der Waals surface area contributed by atoms with Crippen LogP contribution < -0.4 is 5.32 Å². The minimum atomic E-state index is 0.0467. The smallest absolute Gasteiger partial charge is 0.241 e. The Balaban J connectivity index is 1.53. The first-order valence-electron chi connectivity index (χ1n) is 9.91. The number of aryl methyl sites for hydroxylation is 1. The molecule has 146 valence electrons. The Morgan fingerprint density at radius 1 is 1.33 bits per heavy atom. The Labute approximate surface area is 161 Å². The molecule has 0 bridgehead atoms. The van der Waals surface area contributed by atoms with Crippen LogP contribution in [0.1, 0.15) is 44.6 Å². The molecule has 6 heteroatoms. The van der Waals surface area contributed by atoms with Gasteiger partial charge in [0, 0.05) is 18.7 Å². The van der Waals surface area contributed by atoms with Gasteiger partial charge in [0.25, 0.3) is 0 Å². The van der Waals surface area contributed by atoms with E-state index in [-0.39, 0.29) is 11.8 Å². The van der Waals surface area contributed by atoms with Gasteiger partial charge in [-0.15, -0.1) is 0 Å². The zero-order valence-electron chi connectivity index (χ0n) is 16.6. The number of aromatic nitrogens is 2. The summed E-state index contributed by atoms with van der Waals surface area (Å²) in [4.78, 5) is 19.2. The Bertz CT molecular complexity index is 739. The molecule has 6 nitrogen and oxygen atoms in total. The third kappa shape index (κ3) is 5.63. The van der Waals surface area contributed by atoms with Crippen LogP contribution in [0.25, 0.3) is 11.4 Å². The average molecular weight is 370 g/mol. The predicted octanol–water partition coefficient (Wildman–Crippen LogP) is 3.42. The fourth-order valence-electron chi connectivity index (χ4n) is 3.37. The van der Waals surface area contributed by atoms with E-state index in [2.05, 4.69) is 41.1 Å². The number of amides is 1. The van der Waals surface area contributed by atoms with Crippen LogP contribution in [0.15, 0.2) is 28.8 Å². The number of likely N-dealkylation sites (tertiary alicyclic amines) is 1. The summed E-state index contributed by atoms with van der Waals surface area (Å²) in [5, 5.41) is 7.18. The van der Waals surface area contributed by atoms with Crippen molar-refractivity contribution in [3.63, 3.8) is 0 Å². The summed E-state index contributed by atoms with van der Waals surface area (Å²) in [5.41, 5.74) is 2.16. The predicted molar refractivity (Wildman–Crippen MR) is 105 cm³/mol. The zero-order valence-corrected chi connectivity index (χ0v) is 16.6. The van der Waals surface area contributed by atoms with Crippen molar-refractivity contribution in [1.82, 2.24) is 20.4 Å². The van der Waals surface area contributed by atoms with Crippen LogP contribution in [-0.4, -0.2) is 40.6 Å². The standard InChI is InChI=1S/C21H30N4O2/c1-15(2)10-11-22-21(26)18-5-4-12-25(13-18)14-19-23-20(24-27-19)17-8-6-16(3)7-9-17/h6-9,15,18H,4-5,10-14H2,1-3H3,(H,22,26). The molecule has 27 heavy (non-hydrogen) atoms. The van der Waals surface area contributed by atoms with Crippen LogP contribution in [-0.2, 0) is 11.3 Å². The fraction of sp³-hybridized carbons (Fsp3) is 0.571. The molecule has 3 rings (SSSR count). The van der Waals surface area contributed by atoms with E-state index in [1.165, 1.54) is 5.56 Å². The van der Waals surface area contributed by atoms with Crippen molar-refractivity contribution in [2.45, 2.75) is 46.6 Å². The lowest BCUT2D eigenvalue weighted by atomic mass is 9.97. The number of carbonyl (C=O) groups is 1. The monoisotopic (exact) mass is 370 g/mol. The number of benzene rings is 1. The molecule has 1 aliphatic heterocycles. The highest BCUT2D eigenvalue weighted by Gasteiger charge is 2.26. The van der Waals surface area contributed by atoms with Gasteiger partial charge in [0.05, 0.1) is 12.5 Å². The average Bonchev–Trinajstić information content (AvgIpc) is 3.10. The van der Waals surface area contributed by atoms with Crippen molar-refractivity contribution in [2.75, 3.05) is 19.6 Å². The van der Waals surface area contributed by atoms with Crippen molar-refractivity contribution in [3.05, 3.63) is 35.7 Å². The van der Waals surface area contributed by atoms with Gasteiger partial charge in [-0.2, -0.15) is 4.98 Å². The Kier molecular flexibility index (Phi) is 6.61. The fourth-order valence-corrected chi connectivity index (χ4v) is 3.37. The summed E-state index contributed by atoms with van der Waals surface area (Å²) in [7, 11) is 0. The van der Waals surface area contributed by atoms with Crippen LogP contribution in [0.5, 0.6) is 0 Å². The number of carbonyl (C=O) groups excluding carboxylic acids is 1. The molecule has 1 amide bonds. The molecule has 0 aliphatic carbocycles. The van der Waals surface area contributed by atoms with Crippen LogP contribution >= 0.6 is 0 Å². The van der Waals surface area contributed by atoms with Gasteiger partial charge in [-0.3, -0.25) is 9.69 Å². The van der Waals surface area contributed by atoms with E-state index in [1.54, 1.807) is 0 Å². The number of hydrogen-bond acceptors (Lipinski definition) is 5. The molecular formula is C21H30N4O2. The molecule has 2 aromatic rings. The number of rotatable bonds is 7. The van der Waals surface area contributed by atoms with E-state index in [4.69, 9.17) is 4.52 Å². The Hall–Kier alpha value is -2.21. The van der Waals surface area contributed by atoms with Gasteiger partial charge < -0.3 is 9.84 Å². The van der Waals surface area contributed by atoms with Gasteiger partial charge in [-0.05, 0) is 38.6 Å². The Morgan fingerprint density at radius 3 is 2.85 bits per heavy atom. The minimum absolute atomic E-state index is 0.0467. The van der Waals surface area contributed by atoms with Gasteiger partial charge in [-0.25, -0.2) is 0 Å². The summed E-state index contributed by atoms with van der Waals surface area (Å²) in [5.74, 6) is 2.04. The summed E-state index contributed by atoms with van der Waals surface area (Å²) >= 11 is 0. The second-order valence-corrected chi connectivity index (χ2v) is 7.93. The topological polar surface area (TPSA) is 71.3 Å². The molecule has 2 heterocycles. The first kappa shape index (κ1) is 19.5. The van der Waals surface area contributed by atoms with Crippen molar-refractivity contribution in [3.8, 4) is 11.4 Å². The van der Waals surface area contributed by atoms with Gasteiger partial charge in [0.1, 0.15) is 0 Å². The molecule has 1 atom stereocenters. The lowest BCUT2D eigenvalue weighted by Gasteiger charge is -2.30. The number of nitrogens with zero attached hydrogens (tertiary/aromatic N) is 3. The second-order valence-electron chi connectivity index (χ2n) is 7.93. The second kappa shape index (κ2) is 9.13. The first-order valence-corrected chi connectivity index (χ1v) is 9.91. The maximum atomic E-state index is 12.4. The molecule has 0 radical (unpaired) electrons. The molecule has 1 unspecified atom stereocenters. The van der Waals surface area contributed by atoms with E-state index in [9.17, 15) is 4.79 Å². The molecule has 1 N–H and O–H groups in total. The maximum Gasteiger partial charge on any atom is 0.241 e. The zero-order chi connectivity index (χ0) is 19.2. The van der Waals surface area contributed by atoms with Gasteiger partial charge in [0.2, 0.25) is 17.6 Å². The lowest BCUT2D eigenvalue weighted by molar-refractivity contribution is -0.126. The first-order chi connectivity index (χ1) is 13.0. The third-order valence-corrected chi connectivity index (χ3v) is 5.03. The van der Waals surface area contributed by atoms with Crippen LogP contribution in [0.4, 0.5) is 0 Å². The van der Waals surface area contributed by atoms with Gasteiger partial charge >= 0.3 is 0 Å². The van der Waals surface area contributed by atoms with Crippen molar-refractivity contribution < 1.29 is 9.32 Å². The normalized spacial score (nSPS) is 18.0. The summed E-state index contributed by atoms with van der Waals surface area (Å²) in [6.45, 7) is 9.45. The summed E-state index contributed by atoms with van der Waals surface area (Å²) in [6.07, 6.45) is 2.98. The molecular weight excluding hydrogens is 340 g/mol. The van der Waals surface area contributed by atoms with E-state index in [0.717, 1.165) is 44.5 Å².